The van der Waals surface area contributed by atoms with Gasteiger partial charge in [-0.25, -0.2) is 0 Å². The molecule has 2 aromatic carbocycles. The lowest BCUT2D eigenvalue weighted by Crippen LogP contribution is -2.46. The van der Waals surface area contributed by atoms with E-state index in [-0.39, 0.29) is 18.6 Å². The van der Waals surface area contributed by atoms with Crippen LogP contribution in [0.4, 0.5) is 24.5 Å². The number of benzene rings is 2. The Bertz CT molecular complexity index is 847. The number of aliphatic hydroxyl groups excluding tert-OH is 1. The molecule has 0 fully saturated rings. The second-order valence-corrected chi connectivity index (χ2v) is 6.34. The maximum atomic E-state index is 12.8. The average Bonchev–Trinajstić information content (AvgIpc) is 2.66. The predicted molar refractivity (Wildman–Crippen MR) is 96.6 cm³/mol. The number of hydrogen-bond donors (Lipinski definition) is 2. The number of carbonyl (C=O) groups excluding carboxylic acids is 1. The zero-order valence-corrected chi connectivity index (χ0v) is 14.5. The number of fused-ring (bicyclic) bond motifs is 1. The van der Waals surface area contributed by atoms with Crippen molar-refractivity contribution in [2.45, 2.75) is 25.2 Å². The van der Waals surface area contributed by atoms with Gasteiger partial charge in [0.15, 0.2) is 0 Å². The smallest absolute Gasteiger partial charge is 0.392 e. The molecule has 0 aliphatic carbocycles. The summed E-state index contributed by atoms with van der Waals surface area (Å²) in [5.41, 5.74) is 2.26. The first-order valence-electron chi connectivity index (χ1n) is 8.43. The Morgan fingerprint density at radius 3 is 2.56 bits per heavy atom. The molecule has 0 radical (unpaired) electrons. The van der Waals surface area contributed by atoms with Crippen LogP contribution in [-0.2, 0) is 24.0 Å². The molecule has 0 aromatic heterocycles. The molecule has 2 aromatic rings. The van der Waals surface area contributed by atoms with E-state index in [1.54, 1.807) is 12.1 Å². The Labute approximate surface area is 154 Å². The standard InChI is InChI=1S/C20H19F3N2O2/c1-2-19(27)24-15-10-17-13(12-26)4-3-5-18(17)25(11-15)16-8-6-14(7-9-16)20(21,22)23/h2-9,15,26H,1,10-12H2,(H,24,27). The third-order valence-electron chi connectivity index (χ3n) is 4.60. The van der Waals surface area contributed by atoms with E-state index < -0.39 is 11.7 Å². The number of alkyl halides is 3. The Hall–Kier alpha value is -2.80. The van der Waals surface area contributed by atoms with Crippen molar-refractivity contribution in [3.05, 3.63) is 71.8 Å². The number of nitrogens with one attached hydrogen (secondary N) is 1. The zero-order chi connectivity index (χ0) is 19.6. The topological polar surface area (TPSA) is 52.6 Å². The molecule has 1 aliphatic rings. The van der Waals surface area contributed by atoms with Gasteiger partial charge in [0.25, 0.3) is 0 Å². The SMILES string of the molecule is C=CC(=O)NC1Cc2c(CO)cccc2N(c2ccc(C(F)(F)F)cc2)C1. The van der Waals surface area contributed by atoms with Gasteiger partial charge in [-0.15, -0.1) is 0 Å². The van der Waals surface area contributed by atoms with Crippen molar-refractivity contribution in [1.82, 2.24) is 5.32 Å². The summed E-state index contributed by atoms with van der Waals surface area (Å²) in [6.45, 7) is 3.68. The average molecular weight is 376 g/mol. The highest BCUT2D eigenvalue weighted by atomic mass is 19.4. The highest BCUT2D eigenvalue weighted by Crippen LogP contribution is 2.37. The predicted octanol–water partition coefficient (Wildman–Crippen LogP) is 3.56. The maximum Gasteiger partial charge on any atom is 0.416 e. The fraction of sp³-hybridized carbons (Fsp3) is 0.250. The Balaban J connectivity index is 2.00. The third kappa shape index (κ3) is 3.98. The van der Waals surface area contributed by atoms with Crippen molar-refractivity contribution >= 4 is 17.3 Å². The van der Waals surface area contributed by atoms with Crippen LogP contribution in [0.3, 0.4) is 0 Å². The molecular formula is C20H19F3N2O2. The van der Waals surface area contributed by atoms with E-state index in [1.165, 1.54) is 18.2 Å². The van der Waals surface area contributed by atoms with Gasteiger partial charge in [0.2, 0.25) is 5.91 Å². The molecule has 2 N–H and O–H groups in total. The van der Waals surface area contributed by atoms with Crippen molar-refractivity contribution in [2.75, 3.05) is 11.4 Å². The number of nitrogens with zero attached hydrogens (tertiary/aromatic N) is 1. The summed E-state index contributed by atoms with van der Waals surface area (Å²) in [4.78, 5) is 13.6. The molecule has 1 unspecified atom stereocenters. The number of rotatable bonds is 4. The molecule has 142 valence electrons. The third-order valence-corrected chi connectivity index (χ3v) is 4.60. The number of halogens is 3. The van der Waals surface area contributed by atoms with E-state index in [2.05, 4.69) is 11.9 Å². The Morgan fingerprint density at radius 1 is 1.26 bits per heavy atom. The summed E-state index contributed by atoms with van der Waals surface area (Å²) in [5, 5.41) is 12.5. The summed E-state index contributed by atoms with van der Waals surface area (Å²) >= 11 is 0. The molecule has 0 spiro atoms. The number of amides is 1. The van der Waals surface area contributed by atoms with Crippen LogP contribution in [0.1, 0.15) is 16.7 Å². The van der Waals surface area contributed by atoms with Crippen LogP contribution in [0.2, 0.25) is 0 Å². The summed E-state index contributed by atoms with van der Waals surface area (Å²) in [6, 6.07) is 10.1. The minimum atomic E-state index is -4.40. The van der Waals surface area contributed by atoms with Gasteiger partial charge in [0, 0.05) is 17.9 Å². The minimum absolute atomic E-state index is 0.161. The molecule has 1 atom stereocenters. The Kier molecular flexibility index (Phi) is 5.23. The molecule has 1 heterocycles. The molecule has 27 heavy (non-hydrogen) atoms. The van der Waals surface area contributed by atoms with E-state index in [4.69, 9.17) is 0 Å². The molecule has 0 bridgehead atoms. The number of carbonyl (C=O) groups is 1. The maximum absolute atomic E-state index is 12.8. The van der Waals surface area contributed by atoms with E-state index in [9.17, 15) is 23.1 Å². The summed E-state index contributed by atoms with van der Waals surface area (Å²) < 4.78 is 38.5. The monoisotopic (exact) mass is 376 g/mol. The fourth-order valence-corrected chi connectivity index (χ4v) is 3.32. The molecule has 3 rings (SSSR count). The fourth-order valence-electron chi connectivity index (χ4n) is 3.32. The normalized spacial score (nSPS) is 16.6. The van der Waals surface area contributed by atoms with Crippen LogP contribution in [0.15, 0.2) is 55.1 Å². The first-order valence-corrected chi connectivity index (χ1v) is 8.43. The zero-order valence-electron chi connectivity index (χ0n) is 14.5. The van der Waals surface area contributed by atoms with Gasteiger partial charge in [-0.2, -0.15) is 13.2 Å². The summed E-state index contributed by atoms with van der Waals surface area (Å²) in [5.74, 6) is -0.322. The van der Waals surface area contributed by atoms with Crippen LogP contribution in [0, 0.1) is 0 Å². The van der Waals surface area contributed by atoms with E-state index in [0.717, 1.165) is 28.9 Å². The molecule has 1 amide bonds. The van der Waals surface area contributed by atoms with Crippen LogP contribution < -0.4 is 10.2 Å². The number of aliphatic hydroxyl groups is 1. The van der Waals surface area contributed by atoms with Crippen molar-refractivity contribution in [2.24, 2.45) is 0 Å². The van der Waals surface area contributed by atoms with Gasteiger partial charge in [-0.1, -0.05) is 18.7 Å². The molecular weight excluding hydrogens is 357 g/mol. The first kappa shape index (κ1) is 19.0. The second-order valence-electron chi connectivity index (χ2n) is 6.34. The molecule has 0 saturated heterocycles. The first-order chi connectivity index (χ1) is 12.8. The highest BCUT2D eigenvalue weighted by molar-refractivity contribution is 5.87. The van der Waals surface area contributed by atoms with Crippen LogP contribution >= 0.6 is 0 Å². The summed E-state index contributed by atoms with van der Waals surface area (Å²) in [7, 11) is 0. The second kappa shape index (κ2) is 7.44. The lowest BCUT2D eigenvalue weighted by molar-refractivity contribution is -0.137. The van der Waals surface area contributed by atoms with Crippen LogP contribution in [-0.4, -0.2) is 23.6 Å². The number of anilines is 2. The van der Waals surface area contributed by atoms with Gasteiger partial charge < -0.3 is 15.3 Å². The quantitative estimate of drug-likeness (QED) is 0.803. The molecule has 7 heteroatoms. The van der Waals surface area contributed by atoms with Crippen LogP contribution in [0.5, 0.6) is 0 Å². The largest absolute Gasteiger partial charge is 0.416 e. The molecule has 1 aliphatic heterocycles. The van der Waals surface area contributed by atoms with Crippen molar-refractivity contribution in [3.63, 3.8) is 0 Å². The van der Waals surface area contributed by atoms with Crippen molar-refractivity contribution in [3.8, 4) is 0 Å². The van der Waals surface area contributed by atoms with Gasteiger partial charge in [-0.05, 0) is 54.0 Å². The molecule has 0 saturated carbocycles. The lowest BCUT2D eigenvalue weighted by Gasteiger charge is -2.37. The molecule has 4 nitrogen and oxygen atoms in total. The van der Waals surface area contributed by atoms with Gasteiger partial charge in [0.1, 0.15) is 0 Å². The van der Waals surface area contributed by atoms with E-state index in [0.29, 0.717) is 18.7 Å². The van der Waals surface area contributed by atoms with Gasteiger partial charge >= 0.3 is 6.18 Å². The van der Waals surface area contributed by atoms with Crippen molar-refractivity contribution < 1.29 is 23.1 Å². The van der Waals surface area contributed by atoms with E-state index in [1.807, 2.05) is 11.0 Å². The number of hydrogen-bond acceptors (Lipinski definition) is 3. The summed E-state index contributed by atoms with van der Waals surface area (Å²) in [6.07, 6.45) is -2.71. The lowest BCUT2D eigenvalue weighted by atomic mass is 9.93. The Morgan fingerprint density at radius 2 is 1.96 bits per heavy atom. The van der Waals surface area contributed by atoms with Gasteiger partial charge in [-0.3, -0.25) is 4.79 Å². The van der Waals surface area contributed by atoms with Crippen LogP contribution in [0.25, 0.3) is 0 Å². The minimum Gasteiger partial charge on any atom is -0.392 e. The van der Waals surface area contributed by atoms with Crippen molar-refractivity contribution in [1.29, 1.82) is 0 Å². The van der Waals surface area contributed by atoms with Gasteiger partial charge in [0.05, 0.1) is 18.2 Å². The highest BCUT2D eigenvalue weighted by Gasteiger charge is 2.31. The van der Waals surface area contributed by atoms with E-state index >= 15 is 0 Å².